The van der Waals surface area contributed by atoms with Crippen LogP contribution in [0.15, 0.2) is 30.3 Å². The Morgan fingerprint density at radius 3 is 2.35 bits per heavy atom. The second-order valence-corrected chi connectivity index (χ2v) is 12.9. The molecular weight excluding hydrogens is 262 g/mol. The van der Waals surface area contributed by atoms with Gasteiger partial charge in [0.2, 0.25) is 0 Å². The van der Waals surface area contributed by atoms with Crippen molar-refractivity contribution in [2.45, 2.75) is 63.1 Å². The number of rotatable bonds is 4. The van der Waals surface area contributed by atoms with Crippen molar-refractivity contribution in [3.8, 4) is 6.07 Å². The zero-order valence-electron chi connectivity index (χ0n) is 13.2. The Balaban J connectivity index is 2.02. The van der Waals surface area contributed by atoms with E-state index in [1.54, 1.807) is 0 Å². The van der Waals surface area contributed by atoms with Crippen molar-refractivity contribution in [2.75, 3.05) is 0 Å². The molecule has 1 aliphatic rings. The first-order valence-corrected chi connectivity index (χ1v) is 10.4. The fourth-order valence-electron chi connectivity index (χ4n) is 2.56. The third-order valence-corrected chi connectivity index (χ3v) is 10.8. The van der Waals surface area contributed by atoms with Crippen molar-refractivity contribution in [3.63, 3.8) is 0 Å². The van der Waals surface area contributed by atoms with Gasteiger partial charge in [-0.1, -0.05) is 64.2 Å². The molecule has 0 aromatic heterocycles. The summed E-state index contributed by atoms with van der Waals surface area (Å²) in [6.45, 7) is 11.8. The molecule has 3 atom stereocenters. The van der Waals surface area contributed by atoms with E-state index < -0.39 is 8.07 Å². The molecule has 0 amide bonds. The number of nitriles is 1. The molecule has 1 fully saturated rings. The summed E-state index contributed by atoms with van der Waals surface area (Å²) in [5.41, 5.74) is 1.52. The van der Waals surface area contributed by atoms with Gasteiger partial charge in [-0.05, 0) is 17.0 Å². The van der Waals surface area contributed by atoms with E-state index in [1.807, 2.05) is 30.3 Å². The van der Waals surface area contributed by atoms with Crippen molar-refractivity contribution in [2.24, 2.45) is 0 Å². The topological polar surface area (TPSA) is 36.3 Å². The molecule has 1 unspecified atom stereocenters. The fraction of sp³-hybridized carbons (Fsp3) is 0.588. The van der Waals surface area contributed by atoms with Crippen molar-refractivity contribution in [1.82, 2.24) is 0 Å². The summed E-state index contributed by atoms with van der Waals surface area (Å²) in [7, 11) is -1.45. The Kier molecular flexibility index (Phi) is 4.08. The van der Waals surface area contributed by atoms with Crippen LogP contribution in [-0.2, 0) is 4.74 Å². The maximum Gasteiger partial charge on any atom is 0.0902 e. The van der Waals surface area contributed by atoms with E-state index in [0.717, 1.165) is 12.0 Å². The predicted octanol–water partition coefficient (Wildman–Crippen LogP) is 4.50. The Labute approximate surface area is 123 Å². The lowest BCUT2D eigenvalue weighted by Crippen LogP contribution is -2.44. The first-order chi connectivity index (χ1) is 9.27. The minimum Gasteiger partial charge on any atom is -0.373 e. The van der Waals surface area contributed by atoms with Crippen molar-refractivity contribution in [1.29, 1.82) is 5.26 Å². The van der Waals surface area contributed by atoms with E-state index in [-0.39, 0.29) is 12.0 Å². The van der Waals surface area contributed by atoms with Crippen LogP contribution in [0.25, 0.3) is 0 Å². The highest BCUT2D eigenvalue weighted by atomic mass is 28.3. The summed E-state index contributed by atoms with van der Waals surface area (Å²) in [5.74, 6) is -0.0454. The second kappa shape index (κ2) is 5.35. The number of benzene rings is 1. The smallest absolute Gasteiger partial charge is 0.0902 e. The molecule has 1 aliphatic heterocycles. The first kappa shape index (κ1) is 15.3. The van der Waals surface area contributed by atoms with Gasteiger partial charge in [0.25, 0.3) is 0 Å². The monoisotopic (exact) mass is 287 g/mol. The van der Waals surface area contributed by atoms with Crippen molar-refractivity contribution in [3.05, 3.63) is 35.9 Å². The zero-order chi connectivity index (χ0) is 15.0. The van der Waals surface area contributed by atoms with Crippen molar-refractivity contribution >= 4 is 8.07 Å². The van der Waals surface area contributed by atoms with Gasteiger partial charge in [0.05, 0.1) is 31.9 Å². The van der Waals surface area contributed by atoms with Crippen LogP contribution in [0.4, 0.5) is 0 Å². The first-order valence-electron chi connectivity index (χ1n) is 7.37. The normalized spacial score (nSPS) is 24.0. The SMILES string of the molecule is CC(C)(C)[Si](C)(C)[C@H]1O[C@@H]1CC(C#N)c1ccccc1. The largest absolute Gasteiger partial charge is 0.373 e. The summed E-state index contributed by atoms with van der Waals surface area (Å²) in [5, 5.41) is 9.75. The van der Waals surface area contributed by atoms with E-state index in [9.17, 15) is 5.26 Å². The van der Waals surface area contributed by atoms with Crippen molar-refractivity contribution < 1.29 is 4.74 Å². The lowest BCUT2D eigenvalue weighted by Gasteiger charge is -2.35. The summed E-state index contributed by atoms with van der Waals surface area (Å²) in [6.07, 6.45) is 1.11. The minimum atomic E-state index is -1.45. The standard InChI is InChI=1S/C17H25NOSi/c1-17(2,3)20(4,5)16-15(19-16)11-14(12-18)13-9-7-6-8-10-13/h6-10,14-16H,11H2,1-5H3/t14?,15-,16-/m1/s1. The summed E-state index contributed by atoms with van der Waals surface area (Å²) >= 11 is 0. The molecule has 0 saturated carbocycles. The summed E-state index contributed by atoms with van der Waals surface area (Å²) in [6, 6.07) is 12.5. The average Bonchev–Trinajstić information content (AvgIpc) is 3.15. The maximum absolute atomic E-state index is 9.41. The highest BCUT2D eigenvalue weighted by Crippen LogP contribution is 2.48. The number of hydrogen-bond donors (Lipinski definition) is 0. The van der Waals surface area contributed by atoms with Gasteiger partial charge in [0.15, 0.2) is 0 Å². The third kappa shape index (κ3) is 2.97. The molecule has 1 aromatic carbocycles. The van der Waals surface area contributed by atoms with Gasteiger partial charge < -0.3 is 4.74 Å². The van der Waals surface area contributed by atoms with E-state index in [0.29, 0.717) is 10.8 Å². The maximum atomic E-state index is 9.41. The Bertz CT molecular complexity index is 498. The Morgan fingerprint density at radius 1 is 1.25 bits per heavy atom. The molecule has 1 saturated heterocycles. The highest BCUT2D eigenvalue weighted by molar-refractivity contribution is 6.82. The molecule has 3 heteroatoms. The lowest BCUT2D eigenvalue weighted by atomic mass is 9.96. The van der Waals surface area contributed by atoms with Crippen LogP contribution < -0.4 is 0 Å². The lowest BCUT2D eigenvalue weighted by molar-refractivity contribution is 0.377. The van der Waals surface area contributed by atoms with Crippen LogP contribution in [0.1, 0.15) is 38.7 Å². The highest BCUT2D eigenvalue weighted by Gasteiger charge is 2.55. The van der Waals surface area contributed by atoms with E-state index in [4.69, 9.17) is 4.74 Å². The minimum absolute atomic E-state index is 0.0454. The second-order valence-electron chi connectivity index (χ2n) is 7.39. The molecule has 0 bridgehead atoms. The average molecular weight is 287 g/mol. The molecule has 0 aliphatic carbocycles. The van der Waals surface area contributed by atoms with Gasteiger partial charge in [-0.25, -0.2) is 0 Å². The van der Waals surface area contributed by atoms with Gasteiger partial charge in [-0.15, -0.1) is 0 Å². The predicted molar refractivity (Wildman–Crippen MR) is 85.3 cm³/mol. The molecule has 1 aromatic rings. The quantitative estimate of drug-likeness (QED) is 0.604. The number of ether oxygens (including phenoxy) is 1. The molecular formula is C17H25NOSi. The molecule has 2 nitrogen and oxygen atoms in total. The molecule has 0 N–H and O–H groups in total. The van der Waals surface area contributed by atoms with Crippen LogP contribution in [0.3, 0.4) is 0 Å². The van der Waals surface area contributed by atoms with Gasteiger partial charge in [0.1, 0.15) is 0 Å². The molecule has 0 radical (unpaired) electrons. The van der Waals surface area contributed by atoms with Crippen LogP contribution in [-0.4, -0.2) is 19.9 Å². The van der Waals surface area contributed by atoms with Gasteiger partial charge in [-0.3, -0.25) is 0 Å². The molecule has 2 rings (SSSR count). The van der Waals surface area contributed by atoms with Crippen LogP contribution in [0, 0.1) is 11.3 Å². The van der Waals surface area contributed by atoms with Crippen LogP contribution in [0.2, 0.25) is 18.1 Å². The van der Waals surface area contributed by atoms with Gasteiger partial charge in [0, 0.05) is 0 Å². The van der Waals surface area contributed by atoms with Crippen LogP contribution >= 0.6 is 0 Å². The molecule has 20 heavy (non-hydrogen) atoms. The van der Waals surface area contributed by atoms with E-state index >= 15 is 0 Å². The van der Waals surface area contributed by atoms with Crippen LogP contribution in [0.5, 0.6) is 0 Å². The number of hydrogen-bond acceptors (Lipinski definition) is 2. The Hall–Kier alpha value is -1.11. The Morgan fingerprint density at radius 2 is 1.85 bits per heavy atom. The molecule has 1 heterocycles. The zero-order valence-corrected chi connectivity index (χ0v) is 14.2. The van der Waals surface area contributed by atoms with E-state index in [2.05, 4.69) is 39.9 Å². The van der Waals surface area contributed by atoms with Gasteiger partial charge >= 0.3 is 0 Å². The third-order valence-electron chi connectivity index (χ3n) is 5.05. The molecule has 108 valence electrons. The summed E-state index contributed by atoms with van der Waals surface area (Å²) < 4.78 is 5.97. The van der Waals surface area contributed by atoms with E-state index in [1.165, 1.54) is 0 Å². The summed E-state index contributed by atoms with van der Waals surface area (Å²) in [4.78, 5) is 0. The fourth-order valence-corrected chi connectivity index (χ4v) is 5.00. The molecule has 0 spiro atoms. The number of epoxide rings is 1. The van der Waals surface area contributed by atoms with Gasteiger partial charge in [-0.2, -0.15) is 5.26 Å². The number of nitrogens with zero attached hydrogens (tertiary/aromatic N) is 1.